The number of hydrogen-bond acceptors (Lipinski definition) is 1. The van der Waals surface area contributed by atoms with Crippen LogP contribution in [0, 0.1) is 0 Å². The topological polar surface area (TPSA) is 17.1 Å². The molecule has 0 atom stereocenters. The summed E-state index contributed by atoms with van der Waals surface area (Å²) in [6, 6.07) is 16.1. The van der Waals surface area contributed by atoms with Crippen molar-refractivity contribution in [2.75, 3.05) is 6.26 Å². The van der Waals surface area contributed by atoms with Crippen molar-refractivity contribution < 1.29 is 4.21 Å². The maximum Gasteiger partial charge on any atom is 0.176 e. The second-order valence-electron chi connectivity index (χ2n) is 3.67. The first-order valence-electron chi connectivity index (χ1n) is 5.05. The van der Waals surface area contributed by atoms with E-state index >= 15 is 0 Å². The first kappa shape index (κ1) is 10.1. The SMILES string of the molecule is C[S+]1c2ccccc2S(=O)c2ccccc21. The number of benzene rings is 2. The molecule has 0 saturated heterocycles. The molecule has 80 valence electrons. The van der Waals surface area contributed by atoms with Crippen molar-refractivity contribution in [3.63, 3.8) is 0 Å². The number of hydrogen-bond donors (Lipinski definition) is 0. The van der Waals surface area contributed by atoms with E-state index in [9.17, 15) is 4.21 Å². The summed E-state index contributed by atoms with van der Waals surface area (Å²) >= 11 is 0. The van der Waals surface area contributed by atoms with E-state index in [1.165, 1.54) is 9.79 Å². The molecule has 0 amide bonds. The third kappa shape index (κ3) is 1.35. The molecule has 0 fully saturated rings. The average Bonchev–Trinajstić information content (AvgIpc) is 2.36. The van der Waals surface area contributed by atoms with E-state index in [4.69, 9.17) is 0 Å². The molecule has 16 heavy (non-hydrogen) atoms. The van der Waals surface area contributed by atoms with Gasteiger partial charge in [0.1, 0.15) is 6.26 Å². The second-order valence-corrected chi connectivity index (χ2v) is 6.99. The lowest BCUT2D eigenvalue weighted by molar-refractivity contribution is 0.679. The average molecular weight is 247 g/mol. The van der Waals surface area contributed by atoms with Crippen LogP contribution < -0.4 is 0 Å². The van der Waals surface area contributed by atoms with Crippen molar-refractivity contribution >= 4 is 21.7 Å². The molecule has 1 aliphatic rings. The third-order valence-electron chi connectivity index (χ3n) is 2.76. The van der Waals surface area contributed by atoms with Gasteiger partial charge < -0.3 is 0 Å². The monoisotopic (exact) mass is 247 g/mol. The van der Waals surface area contributed by atoms with Crippen LogP contribution in [0.25, 0.3) is 0 Å². The number of rotatable bonds is 0. The van der Waals surface area contributed by atoms with Crippen molar-refractivity contribution in [1.29, 1.82) is 0 Å². The van der Waals surface area contributed by atoms with E-state index in [1.54, 1.807) is 0 Å². The highest BCUT2D eigenvalue weighted by Gasteiger charge is 2.35. The molecular formula is C13H11OS2+. The Bertz CT molecular complexity index is 528. The van der Waals surface area contributed by atoms with Crippen LogP contribution in [0.2, 0.25) is 0 Å². The molecule has 1 aliphatic heterocycles. The Morgan fingerprint density at radius 1 is 0.875 bits per heavy atom. The predicted octanol–water partition coefficient (Wildman–Crippen LogP) is 2.83. The van der Waals surface area contributed by atoms with Gasteiger partial charge in [0, 0.05) is 0 Å². The summed E-state index contributed by atoms with van der Waals surface area (Å²) in [5.74, 6) is 0. The van der Waals surface area contributed by atoms with Crippen LogP contribution in [-0.4, -0.2) is 10.5 Å². The van der Waals surface area contributed by atoms with Gasteiger partial charge in [-0.2, -0.15) is 0 Å². The van der Waals surface area contributed by atoms with Gasteiger partial charge in [-0.25, -0.2) is 4.21 Å². The second kappa shape index (κ2) is 3.75. The van der Waals surface area contributed by atoms with Crippen LogP contribution in [-0.2, 0) is 21.7 Å². The van der Waals surface area contributed by atoms with Gasteiger partial charge in [-0.1, -0.05) is 24.3 Å². The van der Waals surface area contributed by atoms with E-state index in [2.05, 4.69) is 18.4 Å². The van der Waals surface area contributed by atoms with E-state index in [0.717, 1.165) is 9.79 Å². The highest BCUT2D eigenvalue weighted by molar-refractivity contribution is 7.98. The van der Waals surface area contributed by atoms with Crippen molar-refractivity contribution in [3.8, 4) is 0 Å². The largest absolute Gasteiger partial charge is 0.249 e. The normalized spacial score (nSPS) is 22.3. The van der Waals surface area contributed by atoms with Crippen LogP contribution in [0.15, 0.2) is 68.1 Å². The van der Waals surface area contributed by atoms with E-state index in [1.807, 2.05) is 36.4 Å². The first-order valence-corrected chi connectivity index (χ1v) is 7.83. The van der Waals surface area contributed by atoms with E-state index < -0.39 is 10.8 Å². The Morgan fingerprint density at radius 3 is 1.81 bits per heavy atom. The summed E-state index contributed by atoms with van der Waals surface area (Å²) in [5, 5.41) is 0. The van der Waals surface area contributed by atoms with Crippen molar-refractivity contribution in [1.82, 2.24) is 0 Å². The van der Waals surface area contributed by atoms with Gasteiger partial charge in [0.25, 0.3) is 0 Å². The lowest BCUT2D eigenvalue weighted by Crippen LogP contribution is -2.14. The Balaban J connectivity index is 2.30. The molecule has 3 rings (SSSR count). The lowest BCUT2D eigenvalue weighted by atomic mass is 10.3. The maximum atomic E-state index is 12.4. The van der Waals surface area contributed by atoms with Crippen molar-refractivity contribution in [2.24, 2.45) is 0 Å². The predicted molar refractivity (Wildman–Crippen MR) is 67.4 cm³/mol. The number of fused-ring (bicyclic) bond motifs is 2. The van der Waals surface area contributed by atoms with Gasteiger partial charge in [-0.3, -0.25) is 0 Å². The molecular weight excluding hydrogens is 236 g/mol. The van der Waals surface area contributed by atoms with Gasteiger partial charge in [0.15, 0.2) is 9.79 Å². The van der Waals surface area contributed by atoms with Crippen LogP contribution in [0.1, 0.15) is 0 Å². The van der Waals surface area contributed by atoms with Crippen molar-refractivity contribution in [2.45, 2.75) is 19.6 Å². The Hall–Kier alpha value is -1.06. The summed E-state index contributed by atoms with van der Waals surface area (Å²) in [7, 11) is -0.958. The zero-order valence-corrected chi connectivity index (χ0v) is 10.5. The smallest absolute Gasteiger partial charge is 0.176 e. The zero-order valence-electron chi connectivity index (χ0n) is 8.84. The molecule has 1 heterocycles. The fourth-order valence-electron chi connectivity index (χ4n) is 1.95. The Morgan fingerprint density at radius 2 is 1.31 bits per heavy atom. The molecule has 2 aromatic rings. The van der Waals surface area contributed by atoms with Crippen LogP contribution in [0.4, 0.5) is 0 Å². The summed E-state index contributed by atoms with van der Waals surface area (Å²) in [6.07, 6.45) is 2.20. The summed E-state index contributed by atoms with van der Waals surface area (Å²) in [6.45, 7) is 0. The fraction of sp³-hybridized carbons (Fsp3) is 0.0769. The molecule has 2 aromatic carbocycles. The minimum Gasteiger partial charge on any atom is -0.249 e. The molecule has 0 radical (unpaired) electrons. The first-order chi connectivity index (χ1) is 7.79. The van der Waals surface area contributed by atoms with Crippen LogP contribution in [0.3, 0.4) is 0 Å². The summed E-state index contributed by atoms with van der Waals surface area (Å²) < 4.78 is 12.4. The molecule has 0 saturated carbocycles. The quantitative estimate of drug-likeness (QED) is 0.654. The van der Waals surface area contributed by atoms with Gasteiger partial charge in [-0.05, 0) is 24.3 Å². The van der Waals surface area contributed by atoms with Crippen molar-refractivity contribution in [3.05, 3.63) is 48.5 Å². The molecule has 0 unspecified atom stereocenters. The highest BCUT2D eigenvalue weighted by Crippen LogP contribution is 2.37. The molecule has 3 heteroatoms. The Labute approximate surface area is 100 Å². The fourth-order valence-corrected chi connectivity index (χ4v) is 5.84. The minimum atomic E-state index is -1.00. The molecule has 0 aliphatic carbocycles. The van der Waals surface area contributed by atoms with E-state index in [0.29, 0.717) is 0 Å². The third-order valence-corrected chi connectivity index (χ3v) is 6.56. The zero-order chi connectivity index (χ0) is 11.1. The van der Waals surface area contributed by atoms with Gasteiger partial charge in [0.2, 0.25) is 0 Å². The van der Waals surface area contributed by atoms with Gasteiger partial charge in [-0.15, -0.1) is 0 Å². The molecule has 0 aromatic heterocycles. The standard InChI is InChI=1S/C13H11OS2/c1-15-10-6-2-4-8-12(10)16(14)13-9-5-3-7-11(13)15/h2-9H,1H3/q+1. The van der Waals surface area contributed by atoms with Gasteiger partial charge >= 0.3 is 0 Å². The highest BCUT2D eigenvalue weighted by atomic mass is 32.2. The molecule has 1 nitrogen and oxygen atoms in total. The lowest BCUT2D eigenvalue weighted by Gasteiger charge is -2.16. The summed E-state index contributed by atoms with van der Waals surface area (Å²) in [5.41, 5.74) is 0. The summed E-state index contributed by atoms with van der Waals surface area (Å²) in [4.78, 5) is 4.40. The van der Waals surface area contributed by atoms with E-state index in [-0.39, 0.29) is 10.9 Å². The maximum absolute atomic E-state index is 12.4. The Kier molecular flexibility index (Phi) is 2.37. The molecule has 0 spiro atoms. The minimum absolute atomic E-state index is 0.0462. The van der Waals surface area contributed by atoms with Crippen LogP contribution in [0.5, 0.6) is 0 Å². The molecule has 0 bridgehead atoms. The van der Waals surface area contributed by atoms with Gasteiger partial charge in [0.05, 0.1) is 31.5 Å². The molecule has 0 N–H and O–H groups in total. The van der Waals surface area contributed by atoms with Crippen LogP contribution >= 0.6 is 0 Å².